The van der Waals surface area contributed by atoms with E-state index in [1.807, 2.05) is 6.07 Å². The van der Waals surface area contributed by atoms with E-state index in [1.165, 1.54) is 30.0 Å². The van der Waals surface area contributed by atoms with Gasteiger partial charge in [0.05, 0.1) is 19.1 Å². The Morgan fingerprint density at radius 1 is 1.18 bits per heavy atom. The zero-order valence-corrected chi connectivity index (χ0v) is 19.9. The summed E-state index contributed by atoms with van der Waals surface area (Å²) in [6.07, 6.45) is 4.53. The number of carbonyl (C=O) groups excluding carboxylic acids is 1. The van der Waals surface area contributed by atoms with Crippen LogP contribution in [0.25, 0.3) is 0 Å². The van der Waals surface area contributed by atoms with Gasteiger partial charge in [-0.2, -0.15) is 0 Å². The Bertz CT molecular complexity index is 951. The van der Waals surface area contributed by atoms with E-state index in [-0.39, 0.29) is 23.9 Å². The van der Waals surface area contributed by atoms with Gasteiger partial charge >= 0.3 is 5.97 Å². The van der Waals surface area contributed by atoms with Gasteiger partial charge < -0.3 is 20.5 Å². The summed E-state index contributed by atoms with van der Waals surface area (Å²) >= 11 is 0. The number of hydrogen-bond acceptors (Lipinski definition) is 4. The molecule has 1 amide bonds. The lowest BCUT2D eigenvalue weighted by Crippen LogP contribution is -2.33. The highest BCUT2D eigenvalue weighted by Crippen LogP contribution is 2.32. The highest BCUT2D eigenvalue weighted by atomic mass is 16.5. The maximum atomic E-state index is 13.1. The van der Waals surface area contributed by atoms with Crippen molar-refractivity contribution in [2.45, 2.75) is 65.0 Å². The topological polar surface area (TPSA) is 87.7 Å². The molecular formula is C27H36N2O4. The molecular weight excluding hydrogens is 416 g/mol. The standard InChI is InChI=1S/C27H36N2O4/c1-4-33-25-16-19(12-13-22(25)27(31)32)17-26(30)29-24(15-18(2)3)21-10-6-5-9-20(21)23-11-7-8-14-28-23/h5-6,9-10,12-13,16,18,23-24,28H,4,7-8,11,14-15,17H2,1-3H3,(H,29,30)(H,31,32)/t23?,24-/m0/s1. The number of carboxylic acids is 1. The summed E-state index contributed by atoms with van der Waals surface area (Å²) in [5.74, 6) is -0.415. The van der Waals surface area contributed by atoms with Crippen LogP contribution in [0.5, 0.6) is 5.75 Å². The number of benzene rings is 2. The monoisotopic (exact) mass is 452 g/mol. The summed E-state index contributed by atoms with van der Waals surface area (Å²) in [5.41, 5.74) is 3.28. The molecule has 6 heteroatoms. The fourth-order valence-electron chi connectivity index (χ4n) is 4.56. The molecule has 2 aromatic carbocycles. The lowest BCUT2D eigenvalue weighted by Gasteiger charge is -2.30. The third-order valence-electron chi connectivity index (χ3n) is 6.04. The lowest BCUT2D eigenvalue weighted by molar-refractivity contribution is -0.121. The summed E-state index contributed by atoms with van der Waals surface area (Å²) in [6, 6.07) is 13.5. The minimum atomic E-state index is -1.04. The van der Waals surface area contributed by atoms with Crippen molar-refractivity contribution in [1.29, 1.82) is 0 Å². The van der Waals surface area contributed by atoms with Gasteiger partial charge in [0.25, 0.3) is 0 Å². The Balaban J connectivity index is 1.80. The van der Waals surface area contributed by atoms with Gasteiger partial charge in [-0.15, -0.1) is 0 Å². The zero-order valence-electron chi connectivity index (χ0n) is 19.9. The van der Waals surface area contributed by atoms with E-state index < -0.39 is 5.97 Å². The van der Waals surface area contributed by atoms with E-state index in [9.17, 15) is 14.7 Å². The third-order valence-corrected chi connectivity index (χ3v) is 6.04. The summed E-state index contributed by atoms with van der Waals surface area (Å²) in [7, 11) is 0. The summed E-state index contributed by atoms with van der Waals surface area (Å²) < 4.78 is 5.49. The van der Waals surface area contributed by atoms with Crippen molar-refractivity contribution in [3.05, 3.63) is 64.7 Å². The maximum Gasteiger partial charge on any atom is 0.339 e. The molecule has 0 saturated carbocycles. The van der Waals surface area contributed by atoms with Crippen molar-refractivity contribution in [3.8, 4) is 5.75 Å². The second-order valence-corrected chi connectivity index (χ2v) is 9.13. The number of carboxylic acid groups (broad SMARTS) is 1. The van der Waals surface area contributed by atoms with Crippen LogP contribution in [0.15, 0.2) is 42.5 Å². The number of piperidine rings is 1. The van der Waals surface area contributed by atoms with Crippen LogP contribution >= 0.6 is 0 Å². The van der Waals surface area contributed by atoms with Crippen molar-refractivity contribution in [2.24, 2.45) is 5.92 Å². The van der Waals surface area contributed by atoms with Crippen LogP contribution in [0.3, 0.4) is 0 Å². The van der Waals surface area contributed by atoms with E-state index in [4.69, 9.17) is 4.74 Å². The molecule has 1 fully saturated rings. The average molecular weight is 453 g/mol. The fraction of sp³-hybridized carbons (Fsp3) is 0.481. The number of carbonyl (C=O) groups is 2. The van der Waals surface area contributed by atoms with Crippen molar-refractivity contribution < 1.29 is 19.4 Å². The van der Waals surface area contributed by atoms with Gasteiger partial charge in [-0.1, -0.05) is 50.6 Å². The normalized spacial score (nSPS) is 16.9. The Kier molecular flexibility index (Phi) is 8.89. The van der Waals surface area contributed by atoms with Gasteiger partial charge in [-0.05, 0) is 67.5 Å². The van der Waals surface area contributed by atoms with E-state index in [1.54, 1.807) is 19.1 Å². The van der Waals surface area contributed by atoms with Gasteiger partial charge in [0.15, 0.2) is 0 Å². The number of ether oxygens (including phenoxy) is 1. The molecule has 0 spiro atoms. The number of hydrogen-bond donors (Lipinski definition) is 3. The SMILES string of the molecule is CCOc1cc(CC(=O)N[C@@H](CC(C)C)c2ccccc2C2CCCCN2)ccc1C(=O)O. The predicted octanol–water partition coefficient (Wildman–Crippen LogP) is 5.04. The Morgan fingerprint density at radius 3 is 2.64 bits per heavy atom. The van der Waals surface area contributed by atoms with Gasteiger partial charge in [0.2, 0.25) is 5.91 Å². The molecule has 178 valence electrons. The van der Waals surface area contributed by atoms with Gasteiger partial charge in [0, 0.05) is 6.04 Å². The van der Waals surface area contributed by atoms with E-state index in [0.29, 0.717) is 24.3 Å². The summed E-state index contributed by atoms with van der Waals surface area (Å²) in [6.45, 7) is 7.52. The Hall–Kier alpha value is -2.86. The number of aromatic carboxylic acids is 1. The minimum Gasteiger partial charge on any atom is -0.493 e. The van der Waals surface area contributed by atoms with E-state index >= 15 is 0 Å². The molecule has 33 heavy (non-hydrogen) atoms. The second kappa shape index (κ2) is 11.8. The molecule has 1 aliphatic rings. The predicted molar refractivity (Wildman–Crippen MR) is 130 cm³/mol. The molecule has 1 aliphatic heterocycles. The van der Waals surface area contributed by atoms with Gasteiger partial charge in [-0.3, -0.25) is 4.79 Å². The van der Waals surface area contributed by atoms with Crippen LogP contribution in [-0.4, -0.2) is 30.1 Å². The molecule has 0 aliphatic carbocycles. The number of amides is 1. The first-order valence-corrected chi connectivity index (χ1v) is 12.0. The van der Waals surface area contributed by atoms with Crippen molar-refractivity contribution >= 4 is 11.9 Å². The van der Waals surface area contributed by atoms with Crippen molar-refractivity contribution in [2.75, 3.05) is 13.2 Å². The first kappa shape index (κ1) is 24.8. The Morgan fingerprint density at radius 2 is 1.97 bits per heavy atom. The van der Waals surface area contributed by atoms with Gasteiger partial charge in [-0.25, -0.2) is 4.79 Å². The molecule has 2 atom stereocenters. The van der Waals surface area contributed by atoms with Crippen molar-refractivity contribution in [3.63, 3.8) is 0 Å². The molecule has 3 N–H and O–H groups in total. The number of nitrogens with one attached hydrogen (secondary N) is 2. The molecule has 1 saturated heterocycles. The van der Waals surface area contributed by atoms with E-state index in [0.717, 1.165) is 24.9 Å². The smallest absolute Gasteiger partial charge is 0.339 e. The Labute approximate surface area is 196 Å². The van der Waals surface area contributed by atoms with Crippen molar-refractivity contribution in [1.82, 2.24) is 10.6 Å². The molecule has 1 heterocycles. The highest BCUT2D eigenvalue weighted by molar-refractivity contribution is 5.91. The van der Waals surface area contributed by atoms with Crippen LogP contribution in [-0.2, 0) is 11.2 Å². The number of rotatable bonds is 10. The molecule has 2 aromatic rings. The molecule has 0 radical (unpaired) electrons. The summed E-state index contributed by atoms with van der Waals surface area (Å²) in [5, 5.41) is 16.3. The average Bonchev–Trinajstić information content (AvgIpc) is 2.79. The second-order valence-electron chi connectivity index (χ2n) is 9.13. The minimum absolute atomic E-state index is 0.0814. The fourth-order valence-corrected chi connectivity index (χ4v) is 4.56. The maximum absolute atomic E-state index is 13.1. The molecule has 1 unspecified atom stereocenters. The first-order valence-electron chi connectivity index (χ1n) is 12.0. The van der Waals surface area contributed by atoms with E-state index in [2.05, 4.69) is 42.7 Å². The van der Waals surface area contributed by atoms with Crippen LogP contribution in [0.2, 0.25) is 0 Å². The van der Waals surface area contributed by atoms with Crippen LogP contribution in [0.1, 0.15) is 85.6 Å². The highest BCUT2D eigenvalue weighted by Gasteiger charge is 2.24. The molecule has 3 rings (SSSR count). The lowest BCUT2D eigenvalue weighted by atomic mass is 9.87. The third kappa shape index (κ3) is 6.81. The molecule has 6 nitrogen and oxygen atoms in total. The first-order chi connectivity index (χ1) is 15.9. The van der Waals surface area contributed by atoms with Crippen LogP contribution in [0.4, 0.5) is 0 Å². The van der Waals surface area contributed by atoms with Crippen LogP contribution < -0.4 is 15.4 Å². The van der Waals surface area contributed by atoms with Crippen LogP contribution in [0, 0.1) is 5.92 Å². The molecule has 0 aromatic heterocycles. The zero-order chi connectivity index (χ0) is 23.8. The quantitative estimate of drug-likeness (QED) is 0.470. The largest absolute Gasteiger partial charge is 0.493 e. The summed E-state index contributed by atoms with van der Waals surface area (Å²) in [4.78, 5) is 24.5. The molecule has 0 bridgehead atoms. The van der Waals surface area contributed by atoms with Gasteiger partial charge in [0.1, 0.15) is 11.3 Å².